The van der Waals surface area contributed by atoms with Crippen molar-refractivity contribution in [1.29, 1.82) is 0 Å². The van der Waals surface area contributed by atoms with Crippen LogP contribution in [0.4, 0.5) is 0 Å². The lowest BCUT2D eigenvalue weighted by Crippen LogP contribution is -2.42. The Labute approximate surface area is 140 Å². The van der Waals surface area contributed by atoms with Gasteiger partial charge in [0, 0.05) is 6.54 Å². The summed E-state index contributed by atoms with van der Waals surface area (Å²) in [5.74, 6) is 0. The van der Waals surface area contributed by atoms with Gasteiger partial charge >= 0.3 is 0 Å². The Morgan fingerprint density at radius 2 is 1.33 bits per heavy atom. The van der Waals surface area contributed by atoms with Crippen molar-refractivity contribution in [3.05, 3.63) is 67.4 Å². The molecule has 0 spiro atoms. The molecule has 1 saturated heterocycles. The van der Waals surface area contributed by atoms with Gasteiger partial charge in [0.2, 0.25) is 0 Å². The van der Waals surface area contributed by atoms with Crippen LogP contribution < -0.4 is 0 Å². The van der Waals surface area contributed by atoms with Gasteiger partial charge in [-0.05, 0) is 43.8 Å². The normalized spacial score (nSPS) is 15.4. The third-order valence-electron chi connectivity index (χ3n) is 4.78. The van der Waals surface area contributed by atoms with Crippen LogP contribution in [0.1, 0.15) is 6.42 Å². The molecule has 0 atom stereocenters. The summed E-state index contributed by atoms with van der Waals surface area (Å²) >= 11 is 0. The summed E-state index contributed by atoms with van der Waals surface area (Å²) in [4.78, 5) is 11.6. The van der Waals surface area contributed by atoms with Crippen LogP contribution in [0.3, 0.4) is 0 Å². The minimum atomic E-state index is 0.890. The largest absolute Gasteiger partial charge is 0.301 e. The molecule has 1 aliphatic rings. The molecule has 0 bridgehead atoms. The smallest absolute Gasteiger partial charge is 0.181 e. The molecule has 119 valence electrons. The molecule has 3 heterocycles. The predicted molar refractivity (Wildman–Crippen MR) is 94.6 cm³/mol. The number of imidazole rings is 2. The lowest BCUT2D eigenvalue weighted by Gasteiger charge is -2.34. The zero-order valence-corrected chi connectivity index (χ0v) is 13.3. The van der Waals surface area contributed by atoms with Gasteiger partial charge in [-0.3, -0.25) is 4.90 Å². The second kappa shape index (κ2) is 5.46. The van der Waals surface area contributed by atoms with Crippen LogP contribution in [-0.4, -0.2) is 43.6 Å². The first-order valence-electron chi connectivity index (χ1n) is 8.33. The second-order valence-electron chi connectivity index (χ2n) is 6.25. The summed E-state index contributed by atoms with van der Waals surface area (Å²) in [6.07, 6.45) is 6.31. The Balaban J connectivity index is 1.67. The Hall–Kier alpha value is -2.66. The van der Waals surface area contributed by atoms with Gasteiger partial charge in [0.15, 0.2) is 6.17 Å². The summed E-state index contributed by atoms with van der Waals surface area (Å²) < 4.78 is 4.39. The maximum Gasteiger partial charge on any atom is 0.181 e. The second-order valence-corrected chi connectivity index (χ2v) is 6.25. The number of hydrogen-bond donors (Lipinski definition) is 0. The highest BCUT2D eigenvalue weighted by molar-refractivity contribution is 5.78. The van der Waals surface area contributed by atoms with Crippen molar-refractivity contribution in [1.82, 2.24) is 24.0 Å². The molecule has 1 radical (unpaired) electrons. The summed E-state index contributed by atoms with van der Waals surface area (Å²) in [7, 11) is 0. The number of fused-ring (bicyclic) bond motifs is 2. The number of para-hydroxylation sites is 4. The quantitative estimate of drug-likeness (QED) is 0.581. The number of aromatic nitrogens is 4. The van der Waals surface area contributed by atoms with Gasteiger partial charge in [0.05, 0.1) is 34.7 Å². The van der Waals surface area contributed by atoms with Crippen molar-refractivity contribution < 1.29 is 0 Å². The Bertz CT molecular complexity index is 921. The molecule has 2 aromatic carbocycles. The molecule has 0 saturated carbocycles. The highest BCUT2D eigenvalue weighted by Gasteiger charge is 2.25. The minimum absolute atomic E-state index is 0.890. The van der Waals surface area contributed by atoms with Crippen LogP contribution in [0.25, 0.3) is 22.1 Å². The van der Waals surface area contributed by atoms with E-state index in [4.69, 9.17) is 0 Å². The molecule has 0 amide bonds. The molecular formula is C19H18N5. The molecule has 1 aliphatic heterocycles. The van der Waals surface area contributed by atoms with E-state index >= 15 is 0 Å². The third kappa shape index (κ3) is 2.12. The van der Waals surface area contributed by atoms with E-state index in [1.165, 1.54) is 12.6 Å². The zero-order chi connectivity index (χ0) is 15.9. The Morgan fingerprint density at radius 3 is 1.83 bits per heavy atom. The highest BCUT2D eigenvalue weighted by atomic mass is 15.3. The minimum Gasteiger partial charge on any atom is -0.301 e. The first-order chi connectivity index (χ1) is 11.9. The molecule has 0 unspecified atom stereocenters. The number of rotatable bonds is 4. The van der Waals surface area contributed by atoms with Crippen molar-refractivity contribution in [2.75, 3.05) is 19.6 Å². The molecule has 5 nitrogen and oxygen atoms in total. The summed E-state index contributed by atoms with van der Waals surface area (Å²) in [5, 5.41) is 0. The standard InChI is InChI=1S/C19H18N5/c1-3-8-17-15(6-1)20-13-23(17)19(12-22-10-5-11-22)24-14-21-16-7-2-4-9-18(16)24/h1-4,6-9,13-14H,5,10-12H2. The van der Waals surface area contributed by atoms with E-state index in [-0.39, 0.29) is 0 Å². The van der Waals surface area contributed by atoms with Crippen molar-refractivity contribution in [3.63, 3.8) is 0 Å². The van der Waals surface area contributed by atoms with Crippen molar-refractivity contribution >= 4 is 22.1 Å². The molecule has 5 heteroatoms. The molecule has 0 N–H and O–H groups in total. The van der Waals surface area contributed by atoms with E-state index in [9.17, 15) is 0 Å². The first-order valence-corrected chi connectivity index (χ1v) is 8.33. The van der Waals surface area contributed by atoms with Crippen LogP contribution in [-0.2, 0) is 0 Å². The van der Waals surface area contributed by atoms with Gasteiger partial charge in [0.1, 0.15) is 0 Å². The van der Waals surface area contributed by atoms with E-state index in [1.807, 2.05) is 24.8 Å². The van der Waals surface area contributed by atoms with Crippen LogP contribution in [0.5, 0.6) is 0 Å². The Morgan fingerprint density at radius 1 is 0.792 bits per heavy atom. The van der Waals surface area contributed by atoms with E-state index in [0.717, 1.165) is 41.7 Å². The van der Waals surface area contributed by atoms with Crippen molar-refractivity contribution in [3.8, 4) is 0 Å². The topological polar surface area (TPSA) is 38.9 Å². The van der Waals surface area contributed by atoms with Gasteiger partial charge in [0.25, 0.3) is 0 Å². The zero-order valence-electron chi connectivity index (χ0n) is 13.3. The fourth-order valence-corrected chi connectivity index (χ4v) is 3.34. The maximum absolute atomic E-state index is 4.57. The summed E-state index contributed by atoms with van der Waals surface area (Å²) in [5.41, 5.74) is 4.29. The van der Waals surface area contributed by atoms with Crippen molar-refractivity contribution in [2.24, 2.45) is 0 Å². The van der Waals surface area contributed by atoms with Gasteiger partial charge < -0.3 is 9.13 Å². The third-order valence-corrected chi connectivity index (χ3v) is 4.78. The lowest BCUT2D eigenvalue weighted by molar-refractivity contribution is 0.180. The number of hydrogen-bond acceptors (Lipinski definition) is 3. The number of benzene rings is 2. The van der Waals surface area contributed by atoms with Crippen LogP contribution in [0.2, 0.25) is 0 Å². The molecular weight excluding hydrogens is 298 g/mol. The molecule has 4 aromatic rings. The monoisotopic (exact) mass is 316 g/mol. The molecule has 5 rings (SSSR count). The summed E-state index contributed by atoms with van der Waals surface area (Å²) in [6, 6.07) is 16.5. The SMILES string of the molecule is c1ccc2c(c1)ncn2[C](CN1CCC1)n1cnc2ccccc21. The van der Waals surface area contributed by atoms with Crippen molar-refractivity contribution in [2.45, 2.75) is 6.42 Å². The van der Waals surface area contributed by atoms with Crippen LogP contribution in [0.15, 0.2) is 61.2 Å². The van der Waals surface area contributed by atoms with Gasteiger partial charge in [-0.25, -0.2) is 9.97 Å². The lowest BCUT2D eigenvalue weighted by atomic mass is 10.2. The predicted octanol–water partition coefficient (Wildman–Crippen LogP) is 2.98. The fourth-order valence-electron chi connectivity index (χ4n) is 3.34. The molecule has 0 aliphatic carbocycles. The number of likely N-dealkylation sites (tertiary alicyclic amines) is 1. The fraction of sp³-hybridized carbons (Fsp3) is 0.211. The maximum atomic E-state index is 4.57. The first kappa shape index (κ1) is 13.7. The van der Waals surface area contributed by atoms with Crippen LogP contribution in [0, 0.1) is 6.17 Å². The van der Waals surface area contributed by atoms with E-state index in [1.54, 1.807) is 0 Å². The highest BCUT2D eigenvalue weighted by Crippen LogP contribution is 2.24. The Kier molecular flexibility index (Phi) is 3.13. The average molecular weight is 316 g/mol. The number of nitrogens with zero attached hydrogens (tertiary/aromatic N) is 5. The van der Waals surface area contributed by atoms with Crippen LogP contribution >= 0.6 is 0 Å². The molecule has 2 aromatic heterocycles. The van der Waals surface area contributed by atoms with Gasteiger partial charge in [-0.15, -0.1) is 0 Å². The van der Waals surface area contributed by atoms with E-state index in [0.29, 0.717) is 0 Å². The van der Waals surface area contributed by atoms with E-state index < -0.39 is 0 Å². The summed E-state index contributed by atoms with van der Waals surface area (Å²) in [6.45, 7) is 3.20. The average Bonchev–Trinajstić information content (AvgIpc) is 3.19. The molecule has 24 heavy (non-hydrogen) atoms. The molecule has 1 fully saturated rings. The van der Waals surface area contributed by atoms with Gasteiger partial charge in [-0.2, -0.15) is 0 Å². The van der Waals surface area contributed by atoms with E-state index in [2.05, 4.69) is 60.4 Å². The van der Waals surface area contributed by atoms with Gasteiger partial charge in [-0.1, -0.05) is 24.3 Å².